The molecule has 0 saturated carbocycles. The Morgan fingerprint density at radius 2 is 1.87 bits per heavy atom. The number of pyridine rings is 1. The first-order chi connectivity index (χ1) is 15.1. The molecule has 0 saturated heterocycles. The minimum atomic E-state index is 0.0438. The lowest BCUT2D eigenvalue weighted by Crippen LogP contribution is -2.24. The van der Waals surface area contributed by atoms with Crippen LogP contribution in [0.15, 0.2) is 47.5 Å². The molecule has 1 aromatic carbocycles. The molecule has 1 N–H and O–H groups in total. The highest BCUT2D eigenvalue weighted by molar-refractivity contribution is 5.79. The first-order valence-corrected chi connectivity index (χ1v) is 10.6. The van der Waals surface area contributed by atoms with Crippen molar-refractivity contribution in [2.75, 3.05) is 0 Å². The van der Waals surface area contributed by atoms with E-state index >= 15 is 0 Å². The highest BCUT2D eigenvalue weighted by atomic mass is 16.1. The van der Waals surface area contributed by atoms with Gasteiger partial charge in [-0.1, -0.05) is 44.0 Å². The maximum Gasteiger partial charge on any atom is 0.328 e. The molecule has 0 aliphatic carbocycles. The summed E-state index contributed by atoms with van der Waals surface area (Å²) in [5.74, 6) is 0.579. The summed E-state index contributed by atoms with van der Waals surface area (Å²) >= 11 is 0. The number of benzene rings is 1. The second-order valence-corrected chi connectivity index (χ2v) is 7.78. The fraction of sp³-hybridized carbons (Fsp3) is 0.348. The van der Waals surface area contributed by atoms with Crippen molar-refractivity contribution in [1.82, 2.24) is 34.7 Å². The van der Waals surface area contributed by atoms with E-state index in [1.165, 1.54) is 12.8 Å². The normalized spacial score (nSPS) is 11.2. The van der Waals surface area contributed by atoms with Gasteiger partial charge in [-0.3, -0.25) is 14.1 Å². The number of tetrazole rings is 1. The Morgan fingerprint density at radius 1 is 1.06 bits per heavy atom. The van der Waals surface area contributed by atoms with Crippen LogP contribution in [0.3, 0.4) is 0 Å². The molecule has 31 heavy (non-hydrogen) atoms. The van der Waals surface area contributed by atoms with Crippen LogP contribution < -0.4 is 5.69 Å². The van der Waals surface area contributed by atoms with Crippen LogP contribution in [0.25, 0.3) is 22.5 Å². The predicted molar refractivity (Wildman–Crippen MR) is 120 cm³/mol. The summed E-state index contributed by atoms with van der Waals surface area (Å²) in [5, 5.41) is 14.1. The summed E-state index contributed by atoms with van der Waals surface area (Å²) in [5.41, 5.74) is 6.20. The number of aromatic nitrogens is 7. The van der Waals surface area contributed by atoms with Gasteiger partial charge in [0.2, 0.25) is 0 Å². The second-order valence-electron chi connectivity index (χ2n) is 7.78. The zero-order valence-corrected chi connectivity index (χ0v) is 18.2. The van der Waals surface area contributed by atoms with Crippen molar-refractivity contribution < 1.29 is 0 Å². The van der Waals surface area contributed by atoms with E-state index in [-0.39, 0.29) is 5.69 Å². The van der Waals surface area contributed by atoms with Crippen LogP contribution in [0, 0.1) is 6.92 Å². The molecule has 0 amide bonds. The average Bonchev–Trinajstić information content (AvgIpc) is 3.40. The molecule has 0 radical (unpaired) electrons. The lowest BCUT2D eigenvalue weighted by Gasteiger charge is -2.10. The van der Waals surface area contributed by atoms with Gasteiger partial charge in [0.05, 0.1) is 6.54 Å². The van der Waals surface area contributed by atoms with Gasteiger partial charge in [0.25, 0.3) is 0 Å². The Hall–Kier alpha value is -3.55. The van der Waals surface area contributed by atoms with Gasteiger partial charge in [0, 0.05) is 36.4 Å². The molecule has 160 valence electrons. The van der Waals surface area contributed by atoms with E-state index in [0.717, 1.165) is 46.5 Å². The summed E-state index contributed by atoms with van der Waals surface area (Å²) in [6, 6.07) is 10.2. The summed E-state index contributed by atoms with van der Waals surface area (Å²) in [6.45, 7) is 4.79. The molecular formula is C23H27N7O. The monoisotopic (exact) mass is 417 g/mol. The third-order valence-electron chi connectivity index (χ3n) is 5.81. The minimum Gasteiger partial charge on any atom is -0.299 e. The number of rotatable bonds is 8. The standard InChI is InChI=1S/C23H27N7O/c1-4-5-6-7-21-16(2)29(3)23(31)30(21)15-17-8-10-18(11-9-17)19-12-13-24-14-20(19)22-25-27-28-26-22/h8-14H,4-7,15H2,1-3H3,(H,25,26,27,28). The third-order valence-corrected chi connectivity index (χ3v) is 5.81. The molecule has 0 unspecified atom stereocenters. The Morgan fingerprint density at radius 3 is 2.58 bits per heavy atom. The molecule has 0 aliphatic rings. The molecule has 0 spiro atoms. The summed E-state index contributed by atoms with van der Waals surface area (Å²) < 4.78 is 3.67. The van der Waals surface area contributed by atoms with E-state index in [1.807, 2.05) is 24.6 Å². The zero-order valence-electron chi connectivity index (χ0n) is 18.2. The van der Waals surface area contributed by atoms with Crippen LogP contribution in [-0.4, -0.2) is 34.7 Å². The first kappa shape index (κ1) is 20.7. The van der Waals surface area contributed by atoms with Gasteiger partial charge in [-0.05, 0) is 52.9 Å². The maximum absolute atomic E-state index is 12.8. The number of nitrogens with one attached hydrogen (secondary N) is 1. The van der Waals surface area contributed by atoms with Crippen LogP contribution in [0.2, 0.25) is 0 Å². The number of nitrogens with zero attached hydrogens (tertiary/aromatic N) is 6. The Kier molecular flexibility index (Phi) is 6.06. The van der Waals surface area contributed by atoms with Crippen LogP contribution in [0.5, 0.6) is 0 Å². The molecule has 0 fully saturated rings. The third kappa shape index (κ3) is 4.19. The largest absolute Gasteiger partial charge is 0.328 e. The number of imidazole rings is 1. The van der Waals surface area contributed by atoms with Crippen molar-refractivity contribution in [3.63, 3.8) is 0 Å². The van der Waals surface area contributed by atoms with Gasteiger partial charge >= 0.3 is 5.69 Å². The number of unbranched alkanes of at least 4 members (excludes halogenated alkanes) is 2. The fourth-order valence-corrected chi connectivity index (χ4v) is 3.93. The Bertz CT molecular complexity index is 1200. The SMILES string of the molecule is CCCCCc1c(C)n(C)c(=O)n1Cc1ccc(-c2ccncc2-c2nnn[nH]2)cc1. The van der Waals surface area contributed by atoms with E-state index < -0.39 is 0 Å². The van der Waals surface area contributed by atoms with Gasteiger partial charge in [0.15, 0.2) is 5.82 Å². The van der Waals surface area contributed by atoms with Crippen molar-refractivity contribution in [3.05, 3.63) is 70.2 Å². The van der Waals surface area contributed by atoms with Crippen molar-refractivity contribution in [3.8, 4) is 22.5 Å². The Balaban J connectivity index is 1.61. The van der Waals surface area contributed by atoms with Gasteiger partial charge in [-0.2, -0.15) is 0 Å². The van der Waals surface area contributed by atoms with Crippen molar-refractivity contribution in [1.29, 1.82) is 0 Å². The molecule has 4 aromatic rings. The van der Waals surface area contributed by atoms with Gasteiger partial charge < -0.3 is 0 Å². The van der Waals surface area contributed by atoms with Crippen molar-refractivity contribution in [2.24, 2.45) is 7.05 Å². The average molecular weight is 418 g/mol. The molecule has 0 bridgehead atoms. The molecule has 8 nitrogen and oxygen atoms in total. The molecule has 3 aromatic heterocycles. The number of H-pyrrole nitrogens is 1. The first-order valence-electron chi connectivity index (χ1n) is 10.6. The van der Waals surface area contributed by atoms with Gasteiger partial charge in [-0.15, -0.1) is 5.10 Å². The second kappa shape index (κ2) is 9.07. The lowest BCUT2D eigenvalue weighted by molar-refractivity contribution is 0.649. The van der Waals surface area contributed by atoms with E-state index in [0.29, 0.717) is 12.4 Å². The van der Waals surface area contributed by atoms with E-state index in [4.69, 9.17) is 0 Å². The molecular weight excluding hydrogens is 390 g/mol. The molecule has 4 rings (SSSR count). The van der Waals surface area contributed by atoms with Gasteiger partial charge in [0.1, 0.15) is 0 Å². The fourth-order valence-electron chi connectivity index (χ4n) is 3.93. The van der Waals surface area contributed by atoms with E-state index in [2.05, 4.69) is 56.8 Å². The Labute approximate surface area is 181 Å². The quantitative estimate of drug-likeness (QED) is 0.443. The molecule has 3 heterocycles. The summed E-state index contributed by atoms with van der Waals surface area (Å²) in [6.07, 6.45) is 7.87. The van der Waals surface area contributed by atoms with Crippen LogP contribution in [0.4, 0.5) is 0 Å². The van der Waals surface area contributed by atoms with E-state index in [9.17, 15) is 4.79 Å². The maximum atomic E-state index is 12.8. The topological polar surface area (TPSA) is 94.3 Å². The van der Waals surface area contributed by atoms with Crippen LogP contribution in [-0.2, 0) is 20.0 Å². The summed E-state index contributed by atoms with van der Waals surface area (Å²) in [7, 11) is 1.85. The zero-order chi connectivity index (χ0) is 21.8. The highest BCUT2D eigenvalue weighted by Gasteiger charge is 2.15. The smallest absolute Gasteiger partial charge is 0.299 e. The lowest BCUT2D eigenvalue weighted by atomic mass is 10.00. The van der Waals surface area contributed by atoms with Crippen molar-refractivity contribution >= 4 is 0 Å². The molecule has 0 atom stereocenters. The van der Waals surface area contributed by atoms with Crippen LogP contribution in [0.1, 0.15) is 43.1 Å². The van der Waals surface area contributed by atoms with Gasteiger partial charge in [-0.25, -0.2) is 9.89 Å². The number of hydrogen-bond acceptors (Lipinski definition) is 5. The molecule has 8 heteroatoms. The molecule has 0 aliphatic heterocycles. The number of aromatic amines is 1. The highest BCUT2D eigenvalue weighted by Crippen LogP contribution is 2.29. The predicted octanol–water partition coefficient (Wildman–Crippen LogP) is 3.52. The summed E-state index contributed by atoms with van der Waals surface area (Å²) in [4.78, 5) is 17.0. The van der Waals surface area contributed by atoms with Crippen LogP contribution >= 0.6 is 0 Å². The van der Waals surface area contributed by atoms with E-state index in [1.54, 1.807) is 17.0 Å². The minimum absolute atomic E-state index is 0.0438. The number of hydrogen-bond donors (Lipinski definition) is 1. The van der Waals surface area contributed by atoms with Crippen molar-refractivity contribution in [2.45, 2.75) is 46.1 Å².